The van der Waals surface area contributed by atoms with E-state index in [-0.39, 0.29) is 18.0 Å². The van der Waals surface area contributed by atoms with Crippen LogP contribution in [-0.2, 0) is 18.2 Å². The summed E-state index contributed by atoms with van der Waals surface area (Å²) in [4.78, 5) is 26.7. The van der Waals surface area contributed by atoms with Gasteiger partial charge in [-0.3, -0.25) is 9.48 Å². The molecule has 0 N–H and O–H groups in total. The second-order valence-corrected chi connectivity index (χ2v) is 7.74. The first-order valence-electron chi connectivity index (χ1n) is 9.32. The second kappa shape index (κ2) is 6.45. The van der Waals surface area contributed by atoms with Crippen LogP contribution in [0.15, 0.2) is 12.4 Å². The number of fused-ring (bicyclic) bond motifs is 4. The molecule has 0 saturated carbocycles. The van der Waals surface area contributed by atoms with Crippen molar-refractivity contribution in [2.45, 2.75) is 31.3 Å². The van der Waals surface area contributed by atoms with E-state index in [0.29, 0.717) is 23.9 Å². The lowest BCUT2D eigenvalue weighted by atomic mass is 9.99. The van der Waals surface area contributed by atoms with Gasteiger partial charge in [-0.15, -0.1) is 0 Å². The highest BCUT2D eigenvalue weighted by Gasteiger charge is 2.44. The lowest BCUT2D eigenvalue weighted by molar-refractivity contribution is 0.0637. The van der Waals surface area contributed by atoms with Crippen molar-refractivity contribution in [2.75, 3.05) is 31.2 Å². The fraction of sp³-hybridized carbons (Fsp3) is 0.556. The van der Waals surface area contributed by atoms with Gasteiger partial charge < -0.3 is 14.5 Å². The molecular weight excluding hydrogens is 368 g/mol. The van der Waals surface area contributed by atoms with Gasteiger partial charge in [-0.05, 0) is 12.8 Å². The smallest absolute Gasteiger partial charge is 0.276 e. The van der Waals surface area contributed by atoms with Crippen molar-refractivity contribution in [1.29, 1.82) is 0 Å². The summed E-state index contributed by atoms with van der Waals surface area (Å²) in [7, 11) is 1.77. The number of rotatable bonds is 2. The molecular formula is C18H21ClN6O2. The largest absolute Gasteiger partial charge is 0.378 e. The first-order valence-corrected chi connectivity index (χ1v) is 9.70. The molecule has 2 aromatic heterocycles. The van der Waals surface area contributed by atoms with Gasteiger partial charge in [0.15, 0.2) is 5.69 Å². The zero-order chi connectivity index (χ0) is 18.5. The Morgan fingerprint density at radius 1 is 1.30 bits per heavy atom. The van der Waals surface area contributed by atoms with E-state index in [1.807, 2.05) is 11.1 Å². The van der Waals surface area contributed by atoms with Crippen LogP contribution in [0.3, 0.4) is 0 Å². The summed E-state index contributed by atoms with van der Waals surface area (Å²) in [5.41, 5.74) is 2.45. The maximum Gasteiger partial charge on any atom is 0.276 e. The molecule has 27 heavy (non-hydrogen) atoms. The predicted octanol–water partition coefficient (Wildman–Crippen LogP) is 1.60. The number of aromatic nitrogens is 4. The van der Waals surface area contributed by atoms with Crippen LogP contribution in [0.2, 0.25) is 5.02 Å². The molecule has 1 amide bonds. The number of anilines is 1. The molecule has 2 unspecified atom stereocenters. The molecule has 3 aliphatic rings. The Hall–Kier alpha value is -2.19. The summed E-state index contributed by atoms with van der Waals surface area (Å²) in [6.45, 7) is 3.04. The quantitative estimate of drug-likeness (QED) is 0.777. The fourth-order valence-corrected chi connectivity index (χ4v) is 4.68. The van der Waals surface area contributed by atoms with Crippen molar-refractivity contribution >= 4 is 23.5 Å². The molecule has 2 bridgehead atoms. The first kappa shape index (κ1) is 16.9. The molecule has 5 heterocycles. The SMILES string of the molecule is Cn1cc(Cl)c(C(=O)N2C3CCC2c2cnc(N4CCOCC4)nc2C3)n1. The van der Waals surface area contributed by atoms with Gasteiger partial charge in [0, 0.05) is 50.6 Å². The Morgan fingerprint density at radius 2 is 2.11 bits per heavy atom. The number of amides is 1. The van der Waals surface area contributed by atoms with Crippen LogP contribution in [0.5, 0.6) is 0 Å². The highest BCUT2D eigenvalue weighted by Crippen LogP contribution is 2.44. The number of halogens is 1. The van der Waals surface area contributed by atoms with Crippen molar-refractivity contribution in [3.05, 3.63) is 34.4 Å². The summed E-state index contributed by atoms with van der Waals surface area (Å²) >= 11 is 6.21. The number of aryl methyl sites for hydroxylation is 1. The summed E-state index contributed by atoms with van der Waals surface area (Å²) in [6.07, 6.45) is 6.20. The maximum absolute atomic E-state index is 13.1. The van der Waals surface area contributed by atoms with Gasteiger partial charge in [-0.1, -0.05) is 11.6 Å². The van der Waals surface area contributed by atoms with Crippen LogP contribution in [0.4, 0.5) is 5.95 Å². The Balaban J connectivity index is 1.45. The number of ether oxygens (including phenoxy) is 1. The Labute approximate surface area is 162 Å². The molecule has 5 rings (SSSR count). The molecule has 0 aromatic carbocycles. The van der Waals surface area contributed by atoms with E-state index in [0.717, 1.165) is 49.6 Å². The monoisotopic (exact) mass is 388 g/mol. The second-order valence-electron chi connectivity index (χ2n) is 7.33. The van der Waals surface area contributed by atoms with Gasteiger partial charge in [0.25, 0.3) is 5.91 Å². The van der Waals surface area contributed by atoms with Gasteiger partial charge in [0.2, 0.25) is 5.95 Å². The third-order valence-electron chi connectivity index (χ3n) is 5.69. The third kappa shape index (κ3) is 2.78. The summed E-state index contributed by atoms with van der Waals surface area (Å²) < 4.78 is 6.99. The van der Waals surface area contributed by atoms with Gasteiger partial charge in [0.1, 0.15) is 0 Å². The zero-order valence-electron chi connectivity index (χ0n) is 15.1. The van der Waals surface area contributed by atoms with Crippen molar-refractivity contribution in [3.63, 3.8) is 0 Å². The van der Waals surface area contributed by atoms with Gasteiger partial charge in [-0.25, -0.2) is 9.97 Å². The van der Waals surface area contributed by atoms with E-state index in [1.165, 1.54) is 0 Å². The Morgan fingerprint density at radius 3 is 2.85 bits per heavy atom. The van der Waals surface area contributed by atoms with E-state index < -0.39 is 0 Å². The third-order valence-corrected chi connectivity index (χ3v) is 5.97. The first-order chi connectivity index (χ1) is 13.1. The molecule has 0 radical (unpaired) electrons. The van der Waals surface area contributed by atoms with Gasteiger partial charge in [-0.2, -0.15) is 5.10 Å². The molecule has 9 heteroatoms. The van der Waals surface area contributed by atoms with Gasteiger partial charge >= 0.3 is 0 Å². The molecule has 2 aromatic rings. The van der Waals surface area contributed by atoms with E-state index in [4.69, 9.17) is 21.3 Å². The molecule has 2 atom stereocenters. The summed E-state index contributed by atoms with van der Waals surface area (Å²) in [6, 6.07) is 0.142. The van der Waals surface area contributed by atoms with Crippen molar-refractivity contribution in [3.8, 4) is 0 Å². The Kier molecular flexibility index (Phi) is 4.05. The van der Waals surface area contributed by atoms with Crippen LogP contribution < -0.4 is 4.90 Å². The molecule has 3 aliphatic heterocycles. The molecule has 0 spiro atoms. The van der Waals surface area contributed by atoms with Crippen LogP contribution in [-0.4, -0.2) is 62.9 Å². The minimum Gasteiger partial charge on any atom is -0.378 e. The lowest BCUT2D eigenvalue weighted by Crippen LogP contribution is -2.43. The average Bonchev–Trinajstić information content (AvgIpc) is 3.19. The molecule has 2 saturated heterocycles. The minimum atomic E-state index is -0.101. The zero-order valence-corrected chi connectivity index (χ0v) is 15.9. The molecule has 8 nitrogen and oxygen atoms in total. The number of carbonyl (C=O) groups excluding carboxylic acids is 1. The number of carbonyl (C=O) groups is 1. The van der Waals surface area contributed by atoms with Crippen molar-refractivity contribution < 1.29 is 9.53 Å². The average molecular weight is 389 g/mol. The standard InChI is InChI=1S/C18H21ClN6O2/c1-23-10-13(19)16(22-23)17(26)25-11-2-3-15(25)12-9-20-18(21-14(12)8-11)24-4-6-27-7-5-24/h9-11,15H,2-8H2,1H3. The van der Waals surface area contributed by atoms with Crippen molar-refractivity contribution in [2.24, 2.45) is 7.05 Å². The predicted molar refractivity (Wildman–Crippen MR) is 98.9 cm³/mol. The van der Waals surface area contributed by atoms with Crippen LogP contribution in [0.1, 0.15) is 40.6 Å². The molecule has 0 aliphatic carbocycles. The minimum absolute atomic E-state index is 0.00284. The highest BCUT2D eigenvalue weighted by molar-refractivity contribution is 6.33. The maximum atomic E-state index is 13.1. The van der Waals surface area contributed by atoms with Crippen LogP contribution in [0, 0.1) is 0 Å². The highest BCUT2D eigenvalue weighted by atomic mass is 35.5. The number of morpholine rings is 1. The normalized spacial score (nSPS) is 24.2. The van der Waals surface area contributed by atoms with Crippen molar-refractivity contribution in [1.82, 2.24) is 24.6 Å². The van der Waals surface area contributed by atoms with E-state index in [2.05, 4.69) is 15.0 Å². The van der Waals surface area contributed by atoms with Gasteiger partial charge in [0.05, 0.1) is 30.0 Å². The van der Waals surface area contributed by atoms with E-state index in [9.17, 15) is 4.79 Å². The number of hydrogen-bond donors (Lipinski definition) is 0. The topological polar surface area (TPSA) is 76.4 Å². The van der Waals surface area contributed by atoms with E-state index in [1.54, 1.807) is 17.9 Å². The van der Waals surface area contributed by atoms with Crippen LogP contribution in [0.25, 0.3) is 0 Å². The Bertz CT molecular complexity index is 894. The molecule has 142 valence electrons. The summed E-state index contributed by atoms with van der Waals surface area (Å²) in [5.74, 6) is 0.667. The summed E-state index contributed by atoms with van der Waals surface area (Å²) in [5, 5.41) is 4.65. The van der Waals surface area contributed by atoms with E-state index >= 15 is 0 Å². The molecule has 2 fully saturated rings. The fourth-order valence-electron chi connectivity index (χ4n) is 4.42. The number of nitrogens with zero attached hydrogens (tertiary/aromatic N) is 6. The lowest BCUT2D eigenvalue weighted by Gasteiger charge is -2.36. The number of hydrogen-bond acceptors (Lipinski definition) is 6. The van der Waals surface area contributed by atoms with Crippen LogP contribution >= 0.6 is 11.6 Å².